The summed E-state index contributed by atoms with van der Waals surface area (Å²) in [5, 5.41) is 0. The minimum atomic E-state index is -0.767. The normalized spacial score (nSPS) is 12.0. The van der Waals surface area contributed by atoms with Gasteiger partial charge in [0.25, 0.3) is 0 Å². The summed E-state index contributed by atoms with van der Waals surface area (Å²) in [5.41, 5.74) is 0. The van der Waals surface area contributed by atoms with E-state index in [-0.39, 0.29) is 31.1 Å². The Balaban J connectivity index is 4.28. The average molecular weight is 918 g/mol. The molecule has 0 amide bonds. The van der Waals surface area contributed by atoms with Crippen LogP contribution in [0.1, 0.15) is 329 Å². The van der Waals surface area contributed by atoms with Crippen LogP contribution in [0.15, 0.2) is 12.2 Å². The lowest BCUT2D eigenvalue weighted by Crippen LogP contribution is -2.30. The number of unbranched alkanes of at least 4 members (excludes halogenated alkanes) is 41. The fourth-order valence-electron chi connectivity index (χ4n) is 8.85. The second-order valence-electron chi connectivity index (χ2n) is 19.9. The minimum absolute atomic E-state index is 0.0668. The zero-order valence-electron chi connectivity index (χ0n) is 44.0. The maximum Gasteiger partial charge on any atom is 0.306 e. The van der Waals surface area contributed by atoms with Crippen LogP contribution >= 0.6 is 0 Å². The Hall–Kier alpha value is -1.85. The summed E-state index contributed by atoms with van der Waals surface area (Å²) in [6.45, 7) is 6.68. The molecule has 0 aromatic rings. The van der Waals surface area contributed by atoms with E-state index < -0.39 is 6.10 Å². The van der Waals surface area contributed by atoms with Gasteiger partial charge in [-0.05, 0) is 44.9 Å². The molecule has 1 atom stereocenters. The Morgan fingerprint density at radius 1 is 0.292 bits per heavy atom. The number of esters is 3. The summed E-state index contributed by atoms with van der Waals surface area (Å²) in [4.78, 5) is 38.1. The molecule has 0 aliphatic rings. The second-order valence-corrected chi connectivity index (χ2v) is 19.9. The van der Waals surface area contributed by atoms with Crippen LogP contribution < -0.4 is 0 Å². The lowest BCUT2D eigenvalue weighted by Gasteiger charge is -2.18. The Morgan fingerprint density at radius 3 is 0.769 bits per heavy atom. The smallest absolute Gasteiger partial charge is 0.306 e. The van der Waals surface area contributed by atoms with Crippen molar-refractivity contribution in [3.63, 3.8) is 0 Å². The highest BCUT2D eigenvalue weighted by molar-refractivity contribution is 5.71. The van der Waals surface area contributed by atoms with Crippen molar-refractivity contribution in [1.82, 2.24) is 0 Å². The topological polar surface area (TPSA) is 78.9 Å². The van der Waals surface area contributed by atoms with Gasteiger partial charge in [-0.25, -0.2) is 0 Å². The molecule has 0 rings (SSSR count). The first-order chi connectivity index (χ1) is 32.0. The highest BCUT2D eigenvalue weighted by atomic mass is 16.6. The van der Waals surface area contributed by atoms with Crippen molar-refractivity contribution in [3.8, 4) is 0 Å². The molecule has 0 spiro atoms. The van der Waals surface area contributed by atoms with E-state index in [1.807, 2.05) is 0 Å². The Bertz CT molecular complexity index is 1010. The number of rotatable bonds is 54. The van der Waals surface area contributed by atoms with E-state index in [0.29, 0.717) is 19.3 Å². The second kappa shape index (κ2) is 54.8. The third kappa shape index (κ3) is 53.0. The van der Waals surface area contributed by atoms with E-state index in [0.717, 1.165) is 64.2 Å². The molecule has 0 saturated heterocycles. The first-order valence-corrected chi connectivity index (χ1v) is 29.2. The Kier molecular flexibility index (Phi) is 53.2. The maximum atomic E-state index is 12.8. The molecule has 6 nitrogen and oxygen atoms in total. The van der Waals surface area contributed by atoms with Crippen molar-refractivity contribution in [2.45, 2.75) is 335 Å². The van der Waals surface area contributed by atoms with E-state index in [1.54, 1.807) is 0 Å². The van der Waals surface area contributed by atoms with Crippen LogP contribution in [-0.4, -0.2) is 37.2 Å². The predicted molar refractivity (Wildman–Crippen MR) is 280 cm³/mol. The van der Waals surface area contributed by atoms with Gasteiger partial charge in [-0.3, -0.25) is 14.4 Å². The van der Waals surface area contributed by atoms with Crippen molar-refractivity contribution in [2.75, 3.05) is 13.2 Å². The zero-order valence-corrected chi connectivity index (χ0v) is 44.0. The summed E-state index contributed by atoms with van der Waals surface area (Å²) >= 11 is 0. The van der Waals surface area contributed by atoms with E-state index in [9.17, 15) is 14.4 Å². The van der Waals surface area contributed by atoms with Gasteiger partial charge in [0.05, 0.1) is 0 Å². The molecule has 0 radical (unpaired) electrons. The van der Waals surface area contributed by atoms with E-state index in [2.05, 4.69) is 32.9 Å². The maximum absolute atomic E-state index is 12.8. The number of hydrogen-bond acceptors (Lipinski definition) is 6. The SMILES string of the molecule is CCCCCCCCCCC/C=C\CCCCCCCC(=O)OCC(COC(=O)CCCCCCCCCCCCC)OC(=O)CCCCCCCCCCCCCCCCCCCC. The number of hydrogen-bond donors (Lipinski definition) is 0. The molecule has 0 N–H and O–H groups in total. The van der Waals surface area contributed by atoms with Gasteiger partial charge >= 0.3 is 17.9 Å². The summed E-state index contributed by atoms with van der Waals surface area (Å²) in [6, 6.07) is 0. The molecule has 1 unspecified atom stereocenters. The molecule has 0 aliphatic carbocycles. The van der Waals surface area contributed by atoms with Gasteiger partial charge in [-0.15, -0.1) is 0 Å². The zero-order chi connectivity index (χ0) is 47.2. The molecular weight excluding hydrogens is 805 g/mol. The first-order valence-electron chi connectivity index (χ1n) is 29.2. The number of allylic oxidation sites excluding steroid dienone is 2. The van der Waals surface area contributed by atoms with Gasteiger partial charge in [0.15, 0.2) is 6.10 Å². The third-order valence-electron chi connectivity index (χ3n) is 13.3. The lowest BCUT2D eigenvalue weighted by molar-refractivity contribution is -0.167. The Labute approximate surface area is 405 Å². The lowest BCUT2D eigenvalue weighted by atomic mass is 10.0. The first kappa shape index (κ1) is 63.1. The number of carbonyl (C=O) groups is 3. The van der Waals surface area contributed by atoms with Gasteiger partial charge in [0.2, 0.25) is 0 Å². The van der Waals surface area contributed by atoms with Gasteiger partial charge in [-0.2, -0.15) is 0 Å². The van der Waals surface area contributed by atoms with E-state index in [1.165, 1.54) is 225 Å². The van der Waals surface area contributed by atoms with Crippen LogP contribution in [0.3, 0.4) is 0 Å². The molecular formula is C59H112O6. The van der Waals surface area contributed by atoms with Gasteiger partial charge in [0, 0.05) is 19.3 Å². The molecule has 6 heteroatoms. The van der Waals surface area contributed by atoms with Crippen LogP contribution in [0, 0.1) is 0 Å². The third-order valence-corrected chi connectivity index (χ3v) is 13.3. The summed E-state index contributed by atoms with van der Waals surface area (Å²) in [7, 11) is 0. The molecule has 0 aromatic heterocycles. The Morgan fingerprint density at radius 2 is 0.508 bits per heavy atom. The van der Waals surface area contributed by atoms with Crippen LogP contribution in [0.5, 0.6) is 0 Å². The van der Waals surface area contributed by atoms with Gasteiger partial charge < -0.3 is 14.2 Å². The minimum Gasteiger partial charge on any atom is -0.462 e. The van der Waals surface area contributed by atoms with E-state index in [4.69, 9.17) is 14.2 Å². The van der Waals surface area contributed by atoms with Crippen molar-refractivity contribution >= 4 is 17.9 Å². The highest BCUT2D eigenvalue weighted by Gasteiger charge is 2.19. The van der Waals surface area contributed by atoms with Crippen LogP contribution in [-0.2, 0) is 28.6 Å². The van der Waals surface area contributed by atoms with Crippen molar-refractivity contribution in [2.24, 2.45) is 0 Å². The molecule has 65 heavy (non-hydrogen) atoms. The molecule has 0 aromatic carbocycles. The number of carbonyl (C=O) groups excluding carboxylic acids is 3. The predicted octanol–water partition coefficient (Wildman–Crippen LogP) is 19.3. The van der Waals surface area contributed by atoms with Crippen LogP contribution in [0.25, 0.3) is 0 Å². The molecule has 0 heterocycles. The van der Waals surface area contributed by atoms with Crippen LogP contribution in [0.4, 0.5) is 0 Å². The van der Waals surface area contributed by atoms with Crippen molar-refractivity contribution in [3.05, 3.63) is 12.2 Å². The quantitative estimate of drug-likeness (QED) is 0.0262. The summed E-state index contributed by atoms with van der Waals surface area (Å²) in [5.74, 6) is -0.852. The van der Waals surface area contributed by atoms with Crippen molar-refractivity contribution < 1.29 is 28.6 Å². The number of ether oxygens (including phenoxy) is 3. The van der Waals surface area contributed by atoms with Crippen molar-refractivity contribution in [1.29, 1.82) is 0 Å². The monoisotopic (exact) mass is 917 g/mol. The molecule has 0 fully saturated rings. The van der Waals surface area contributed by atoms with Crippen LogP contribution in [0.2, 0.25) is 0 Å². The molecule has 0 aliphatic heterocycles. The standard InChI is InChI=1S/C59H112O6/c1-4-7-10-13-16-19-22-24-26-28-30-32-34-37-40-43-46-49-52-58(61)64-55-56(54-63-57(60)51-48-45-42-39-36-21-18-15-12-9-6-3)65-59(62)53-50-47-44-41-38-35-33-31-29-27-25-23-20-17-14-11-8-5-2/h30,32,56H,4-29,31,33-55H2,1-3H3/b32-30-. The van der Waals surface area contributed by atoms with Gasteiger partial charge in [0.1, 0.15) is 13.2 Å². The average Bonchev–Trinajstić information content (AvgIpc) is 3.30. The van der Waals surface area contributed by atoms with E-state index >= 15 is 0 Å². The molecule has 384 valence electrons. The highest BCUT2D eigenvalue weighted by Crippen LogP contribution is 2.17. The van der Waals surface area contributed by atoms with Gasteiger partial charge in [-0.1, -0.05) is 277 Å². The fraction of sp³-hybridized carbons (Fsp3) is 0.915. The summed E-state index contributed by atoms with van der Waals surface area (Å²) < 4.78 is 16.9. The molecule has 0 bridgehead atoms. The molecule has 0 saturated carbocycles. The summed E-state index contributed by atoms with van der Waals surface area (Å²) in [6.07, 6.45) is 62.0. The fourth-order valence-corrected chi connectivity index (χ4v) is 8.85. The largest absolute Gasteiger partial charge is 0.462 e.